The van der Waals surface area contributed by atoms with Gasteiger partial charge in [0, 0.05) is 18.7 Å². The zero-order valence-electron chi connectivity index (χ0n) is 22.5. The minimum absolute atomic E-state index is 0.233. The van der Waals surface area contributed by atoms with E-state index < -0.39 is 28.9 Å². The largest absolute Gasteiger partial charge is 0.390 e. The number of aromatic nitrogens is 4. The Hall–Kier alpha value is -2.44. The number of hydrogen-bond donors (Lipinski definition) is 6. The average molecular weight is 543 g/mol. The molecule has 2 saturated carbocycles. The lowest BCUT2D eigenvalue weighted by Gasteiger charge is -2.35. The maximum atomic E-state index is 11.5. The third kappa shape index (κ3) is 5.22. The van der Waals surface area contributed by atoms with Gasteiger partial charge in [-0.3, -0.25) is 4.98 Å². The molecule has 10 nitrogen and oxygen atoms in total. The lowest BCUT2D eigenvalue weighted by Crippen LogP contribution is -2.51. The highest BCUT2D eigenvalue weighted by atomic mass is 32.1. The lowest BCUT2D eigenvalue weighted by molar-refractivity contribution is -0.0926. The predicted molar refractivity (Wildman–Crippen MR) is 148 cm³/mol. The molecule has 0 spiro atoms. The summed E-state index contributed by atoms with van der Waals surface area (Å²) in [4.78, 5) is 18.6. The average Bonchev–Trinajstić information content (AvgIpc) is 3.40. The van der Waals surface area contributed by atoms with E-state index in [4.69, 9.17) is 9.97 Å². The van der Waals surface area contributed by atoms with Crippen molar-refractivity contribution in [2.45, 2.75) is 95.7 Å². The Morgan fingerprint density at radius 1 is 1.05 bits per heavy atom. The zero-order chi connectivity index (χ0) is 27.3. The summed E-state index contributed by atoms with van der Waals surface area (Å²) < 4.78 is 0.973. The number of hydrogen-bond acceptors (Lipinski definition) is 11. The number of anilines is 2. The molecule has 3 heterocycles. The number of thiazole rings is 1. The third-order valence-electron chi connectivity index (χ3n) is 8.10. The van der Waals surface area contributed by atoms with Crippen LogP contribution in [0, 0.1) is 19.8 Å². The van der Waals surface area contributed by atoms with Crippen LogP contribution >= 0.6 is 11.3 Å². The first-order valence-corrected chi connectivity index (χ1v) is 14.2. The van der Waals surface area contributed by atoms with Crippen molar-refractivity contribution in [2.24, 2.45) is 5.92 Å². The van der Waals surface area contributed by atoms with E-state index in [9.17, 15) is 20.4 Å². The van der Waals surface area contributed by atoms with Gasteiger partial charge < -0.3 is 31.1 Å². The van der Waals surface area contributed by atoms with Crippen LogP contribution in [0.1, 0.15) is 70.2 Å². The van der Waals surface area contributed by atoms with Crippen molar-refractivity contribution in [1.29, 1.82) is 0 Å². The molecule has 0 radical (unpaired) electrons. The molecule has 2 fully saturated rings. The number of fused-ring (bicyclic) bond motifs is 1. The Balaban J connectivity index is 1.53. The number of aryl methyl sites for hydroxylation is 2. The van der Waals surface area contributed by atoms with Gasteiger partial charge in [-0.2, -0.15) is 4.98 Å². The van der Waals surface area contributed by atoms with Gasteiger partial charge in [-0.15, -0.1) is 11.3 Å². The molecule has 3 atom stereocenters. The maximum absolute atomic E-state index is 11.5. The highest BCUT2D eigenvalue weighted by molar-refractivity contribution is 7.21. The van der Waals surface area contributed by atoms with E-state index in [1.165, 1.54) is 11.3 Å². The van der Waals surface area contributed by atoms with Gasteiger partial charge >= 0.3 is 0 Å². The number of aliphatic hydroxyl groups is 4. The van der Waals surface area contributed by atoms with Crippen molar-refractivity contribution in [3.63, 3.8) is 0 Å². The van der Waals surface area contributed by atoms with E-state index in [1.54, 1.807) is 20.0 Å². The van der Waals surface area contributed by atoms with Crippen molar-refractivity contribution in [2.75, 3.05) is 17.2 Å². The van der Waals surface area contributed by atoms with Crippen LogP contribution in [0.5, 0.6) is 0 Å². The van der Waals surface area contributed by atoms with Gasteiger partial charge in [0.1, 0.15) is 22.4 Å². The molecule has 6 N–H and O–H groups in total. The second-order valence-electron chi connectivity index (χ2n) is 11.5. The Labute approximate surface area is 226 Å². The molecule has 0 saturated heterocycles. The molecule has 38 heavy (non-hydrogen) atoms. The Bertz CT molecular complexity index is 1320. The molecule has 0 aromatic carbocycles. The Kier molecular flexibility index (Phi) is 7.10. The minimum Gasteiger partial charge on any atom is -0.390 e. The fourth-order valence-electron chi connectivity index (χ4n) is 5.81. The Morgan fingerprint density at radius 2 is 1.79 bits per heavy atom. The number of rotatable bonds is 7. The summed E-state index contributed by atoms with van der Waals surface area (Å²) in [6.45, 7) is 7.37. The van der Waals surface area contributed by atoms with E-state index in [0.29, 0.717) is 41.0 Å². The predicted octanol–water partition coefficient (Wildman–Crippen LogP) is 3.51. The quantitative estimate of drug-likeness (QED) is 0.244. The highest BCUT2D eigenvalue weighted by Crippen LogP contribution is 2.43. The van der Waals surface area contributed by atoms with E-state index in [-0.39, 0.29) is 6.42 Å². The second kappa shape index (κ2) is 9.95. The van der Waals surface area contributed by atoms with Crippen LogP contribution in [-0.2, 0) is 0 Å². The van der Waals surface area contributed by atoms with Gasteiger partial charge in [0.2, 0.25) is 5.95 Å². The molecule has 3 aromatic heterocycles. The van der Waals surface area contributed by atoms with E-state index in [2.05, 4.69) is 20.6 Å². The summed E-state index contributed by atoms with van der Waals surface area (Å²) in [6.07, 6.45) is 5.77. The highest BCUT2D eigenvalue weighted by Gasteiger charge is 2.52. The van der Waals surface area contributed by atoms with Gasteiger partial charge in [0.05, 0.1) is 32.9 Å². The van der Waals surface area contributed by atoms with Crippen molar-refractivity contribution in [3.8, 4) is 10.6 Å². The van der Waals surface area contributed by atoms with Gasteiger partial charge in [-0.25, -0.2) is 9.97 Å². The minimum atomic E-state index is -1.70. The van der Waals surface area contributed by atoms with Crippen LogP contribution in [0.25, 0.3) is 20.8 Å². The van der Waals surface area contributed by atoms with Gasteiger partial charge in [0.15, 0.2) is 5.72 Å². The molecule has 0 bridgehead atoms. The van der Waals surface area contributed by atoms with Crippen LogP contribution in [-0.4, -0.2) is 69.9 Å². The molecule has 2 aliphatic carbocycles. The number of nitrogens with one attached hydrogen (secondary N) is 2. The monoisotopic (exact) mass is 542 g/mol. The fraction of sp³-hybridized carbons (Fsp3) is 0.630. The molecular weight excluding hydrogens is 504 g/mol. The van der Waals surface area contributed by atoms with Crippen molar-refractivity contribution < 1.29 is 20.4 Å². The fourth-order valence-corrected chi connectivity index (χ4v) is 6.92. The summed E-state index contributed by atoms with van der Waals surface area (Å²) >= 11 is 1.48. The number of pyridine rings is 1. The molecule has 206 valence electrons. The molecule has 0 aliphatic heterocycles. The smallest absolute Gasteiger partial charge is 0.225 e. The summed E-state index contributed by atoms with van der Waals surface area (Å²) in [6, 6.07) is 1.91. The first-order chi connectivity index (χ1) is 17.9. The van der Waals surface area contributed by atoms with E-state index in [1.807, 2.05) is 19.9 Å². The first-order valence-electron chi connectivity index (χ1n) is 13.4. The second-order valence-corrected chi connectivity index (χ2v) is 12.6. The van der Waals surface area contributed by atoms with Crippen molar-refractivity contribution >= 4 is 33.3 Å². The maximum Gasteiger partial charge on any atom is 0.225 e. The van der Waals surface area contributed by atoms with Crippen LogP contribution in [0.2, 0.25) is 0 Å². The third-order valence-corrected chi connectivity index (χ3v) is 9.14. The molecule has 3 aromatic rings. The normalized spacial score (nSPS) is 25.6. The lowest BCUT2D eigenvalue weighted by atomic mass is 9.85. The van der Waals surface area contributed by atoms with Crippen LogP contribution in [0.4, 0.5) is 11.8 Å². The summed E-state index contributed by atoms with van der Waals surface area (Å²) in [5, 5.41) is 51.1. The summed E-state index contributed by atoms with van der Waals surface area (Å²) in [5.74, 6) is 0.140. The van der Waals surface area contributed by atoms with Gasteiger partial charge in [-0.1, -0.05) is 19.3 Å². The van der Waals surface area contributed by atoms with Crippen molar-refractivity contribution in [3.05, 3.63) is 23.7 Å². The van der Waals surface area contributed by atoms with Gasteiger partial charge in [0.25, 0.3) is 0 Å². The van der Waals surface area contributed by atoms with Gasteiger partial charge in [-0.05, 0) is 59.4 Å². The van der Waals surface area contributed by atoms with E-state index in [0.717, 1.165) is 48.0 Å². The summed E-state index contributed by atoms with van der Waals surface area (Å²) in [7, 11) is 0. The SMILES string of the molecule is Cc1nc(NCC2(O)CCCCC2)nc(NC2(O)CCC(C(C)(C)O)C2O)c1-c1nc2c(C)nccc2s1. The molecule has 2 aliphatic rings. The van der Waals surface area contributed by atoms with Crippen LogP contribution in [0.15, 0.2) is 12.3 Å². The summed E-state index contributed by atoms with van der Waals surface area (Å²) in [5.41, 5.74) is -0.793. The first kappa shape index (κ1) is 27.1. The van der Waals surface area contributed by atoms with Crippen molar-refractivity contribution in [1.82, 2.24) is 19.9 Å². The zero-order valence-corrected chi connectivity index (χ0v) is 23.3. The van der Waals surface area contributed by atoms with E-state index >= 15 is 0 Å². The molecular formula is C27H38N6O4S. The van der Waals surface area contributed by atoms with Crippen LogP contribution < -0.4 is 10.6 Å². The molecule has 5 rings (SSSR count). The Morgan fingerprint density at radius 3 is 2.45 bits per heavy atom. The molecule has 11 heteroatoms. The topological polar surface area (TPSA) is 157 Å². The number of nitrogens with zero attached hydrogens (tertiary/aromatic N) is 4. The molecule has 0 amide bonds. The standard InChI is InChI=1S/C27H38N6O4S/c1-15-19(23-31-20-16(2)28-13-9-18(20)38-23)22(33-27(37)12-8-17(21(27)34)25(3,4)35)32-24(30-15)29-14-26(36)10-6-5-7-11-26/h9,13,17,21,34-37H,5-8,10-12,14H2,1-4H3,(H2,29,30,32,33). The molecule has 3 unspecified atom stereocenters. The number of aliphatic hydroxyl groups excluding tert-OH is 1. The van der Waals surface area contributed by atoms with Crippen LogP contribution in [0.3, 0.4) is 0 Å².